The fourth-order valence-corrected chi connectivity index (χ4v) is 2.43. The lowest BCUT2D eigenvalue weighted by molar-refractivity contribution is -0.144. The molecule has 0 aromatic rings. The van der Waals surface area contributed by atoms with Crippen LogP contribution in [0.1, 0.15) is 27.7 Å². The molecule has 0 aliphatic carbocycles. The molecule has 2 atom stereocenters. The molecule has 0 saturated carbocycles. The summed E-state index contributed by atoms with van der Waals surface area (Å²) in [5.74, 6) is 0.356. The summed E-state index contributed by atoms with van der Waals surface area (Å²) in [6.07, 6.45) is 0. The van der Waals surface area contributed by atoms with E-state index in [0.29, 0.717) is 5.75 Å². The summed E-state index contributed by atoms with van der Waals surface area (Å²) in [6.45, 7) is 9.09. The van der Waals surface area contributed by atoms with Crippen molar-refractivity contribution in [2.75, 3.05) is 26.0 Å². The van der Waals surface area contributed by atoms with Gasteiger partial charge in [-0.15, -0.1) is 11.8 Å². The summed E-state index contributed by atoms with van der Waals surface area (Å²) >= 11 is 1.50. The number of amides is 1. The minimum atomic E-state index is -0.222. The van der Waals surface area contributed by atoms with Crippen LogP contribution in [0, 0.1) is 5.92 Å². The normalized spacial score (nSPS) is 13.9. The van der Waals surface area contributed by atoms with E-state index in [4.69, 9.17) is 0 Å². The number of ether oxygens (including phenoxy) is 1. The molecule has 4 nitrogen and oxygen atoms in total. The zero-order valence-electron chi connectivity index (χ0n) is 11.4. The highest BCUT2D eigenvalue weighted by Crippen LogP contribution is 2.17. The zero-order chi connectivity index (χ0) is 13.4. The van der Waals surface area contributed by atoms with Crippen molar-refractivity contribution in [2.24, 2.45) is 5.92 Å². The number of hydrogen-bond acceptors (Lipinski definition) is 4. The van der Waals surface area contributed by atoms with Crippen LogP contribution in [0.3, 0.4) is 0 Å². The Morgan fingerprint density at radius 3 is 2.18 bits per heavy atom. The molecule has 0 aromatic heterocycles. The zero-order valence-corrected chi connectivity index (χ0v) is 12.2. The molecular weight excluding hydrogens is 238 g/mol. The first-order valence-corrected chi connectivity index (χ1v) is 7.00. The van der Waals surface area contributed by atoms with E-state index >= 15 is 0 Å². The Bertz CT molecular complexity index is 254. The van der Waals surface area contributed by atoms with Gasteiger partial charge in [0.15, 0.2) is 0 Å². The molecular formula is C12H23NO3S. The van der Waals surface area contributed by atoms with Gasteiger partial charge < -0.3 is 9.64 Å². The number of carbonyl (C=O) groups excluding carboxylic acids is 2. The van der Waals surface area contributed by atoms with Crippen molar-refractivity contribution in [1.82, 2.24) is 4.90 Å². The van der Waals surface area contributed by atoms with E-state index in [9.17, 15) is 9.59 Å². The molecule has 0 aliphatic heterocycles. The van der Waals surface area contributed by atoms with Gasteiger partial charge in [-0.05, 0) is 20.8 Å². The van der Waals surface area contributed by atoms with E-state index in [1.807, 2.05) is 27.7 Å². The van der Waals surface area contributed by atoms with Crippen LogP contribution in [0.5, 0.6) is 0 Å². The van der Waals surface area contributed by atoms with Crippen LogP contribution >= 0.6 is 11.8 Å². The summed E-state index contributed by atoms with van der Waals surface area (Å²) in [7, 11) is 1.38. The largest absolute Gasteiger partial charge is 0.469 e. The molecule has 0 aliphatic rings. The lowest BCUT2D eigenvalue weighted by atomic mass is 10.2. The highest BCUT2D eigenvalue weighted by molar-refractivity contribution is 8.00. The van der Waals surface area contributed by atoms with Gasteiger partial charge in [-0.2, -0.15) is 0 Å². The number of carbonyl (C=O) groups is 2. The lowest BCUT2D eigenvalue weighted by Crippen LogP contribution is -2.36. The van der Waals surface area contributed by atoms with Crippen LogP contribution in [0.4, 0.5) is 0 Å². The Morgan fingerprint density at radius 2 is 1.76 bits per heavy atom. The number of nitrogens with zero attached hydrogens (tertiary/aromatic N) is 1. The SMILES string of the molecule is CCN(CC)C(=O)C(C)SCC(C)C(=O)OC. The summed E-state index contributed by atoms with van der Waals surface area (Å²) in [5, 5.41) is -0.109. The van der Waals surface area contributed by atoms with Crippen LogP contribution in [0.2, 0.25) is 0 Å². The molecule has 0 N–H and O–H groups in total. The highest BCUT2D eigenvalue weighted by atomic mass is 32.2. The number of esters is 1. The van der Waals surface area contributed by atoms with Crippen LogP contribution in [0.15, 0.2) is 0 Å². The van der Waals surface area contributed by atoms with Crippen molar-refractivity contribution >= 4 is 23.6 Å². The molecule has 0 bridgehead atoms. The maximum absolute atomic E-state index is 11.9. The molecule has 0 spiro atoms. The average molecular weight is 261 g/mol. The van der Waals surface area contributed by atoms with E-state index in [1.54, 1.807) is 4.90 Å². The standard InChI is InChI=1S/C12H23NO3S/c1-6-13(7-2)11(14)10(4)17-8-9(3)12(15)16-5/h9-10H,6-8H2,1-5H3. The van der Waals surface area contributed by atoms with E-state index < -0.39 is 0 Å². The summed E-state index contributed by atoms with van der Waals surface area (Å²) in [5.41, 5.74) is 0. The predicted molar refractivity (Wildman–Crippen MR) is 71.0 cm³/mol. The van der Waals surface area contributed by atoms with E-state index in [2.05, 4.69) is 4.74 Å². The van der Waals surface area contributed by atoms with Crippen LogP contribution in [-0.2, 0) is 14.3 Å². The maximum atomic E-state index is 11.9. The third-order valence-electron chi connectivity index (χ3n) is 2.62. The van der Waals surface area contributed by atoms with Gasteiger partial charge in [0.05, 0.1) is 18.3 Å². The smallest absolute Gasteiger partial charge is 0.309 e. The van der Waals surface area contributed by atoms with Crippen molar-refractivity contribution in [2.45, 2.75) is 32.9 Å². The highest BCUT2D eigenvalue weighted by Gasteiger charge is 2.21. The lowest BCUT2D eigenvalue weighted by Gasteiger charge is -2.23. The van der Waals surface area contributed by atoms with Crippen LogP contribution < -0.4 is 0 Å². The van der Waals surface area contributed by atoms with Crippen molar-refractivity contribution < 1.29 is 14.3 Å². The molecule has 5 heteroatoms. The third-order valence-corrected chi connectivity index (χ3v) is 4.02. The van der Waals surface area contributed by atoms with Crippen LogP contribution in [0.25, 0.3) is 0 Å². The number of rotatable bonds is 7. The molecule has 2 unspecified atom stereocenters. The number of thioether (sulfide) groups is 1. The minimum absolute atomic E-state index is 0.109. The van der Waals surface area contributed by atoms with E-state index in [1.165, 1.54) is 18.9 Å². The first-order chi connectivity index (χ1) is 7.97. The number of methoxy groups -OCH3 is 1. The molecule has 0 saturated heterocycles. The first-order valence-electron chi connectivity index (χ1n) is 5.96. The van der Waals surface area contributed by atoms with Gasteiger partial charge in [0.1, 0.15) is 0 Å². The van der Waals surface area contributed by atoms with Crippen molar-refractivity contribution in [3.05, 3.63) is 0 Å². The third kappa shape index (κ3) is 5.44. The fraction of sp³-hybridized carbons (Fsp3) is 0.833. The summed E-state index contributed by atoms with van der Waals surface area (Å²) in [6, 6.07) is 0. The van der Waals surface area contributed by atoms with Gasteiger partial charge in [0, 0.05) is 18.8 Å². The number of hydrogen-bond donors (Lipinski definition) is 0. The van der Waals surface area contributed by atoms with Gasteiger partial charge in [-0.25, -0.2) is 0 Å². The van der Waals surface area contributed by atoms with Gasteiger partial charge in [-0.1, -0.05) is 6.92 Å². The second-order valence-corrected chi connectivity index (χ2v) is 5.28. The van der Waals surface area contributed by atoms with E-state index in [-0.39, 0.29) is 23.0 Å². The Balaban J connectivity index is 4.13. The van der Waals surface area contributed by atoms with Crippen LogP contribution in [-0.4, -0.2) is 48.0 Å². The first kappa shape index (κ1) is 16.3. The molecule has 0 heterocycles. The van der Waals surface area contributed by atoms with Gasteiger partial charge in [0.25, 0.3) is 0 Å². The molecule has 0 aromatic carbocycles. The monoisotopic (exact) mass is 261 g/mol. The molecule has 100 valence electrons. The molecule has 0 radical (unpaired) electrons. The molecule has 17 heavy (non-hydrogen) atoms. The predicted octanol–water partition coefficient (Wildman–Crippen LogP) is 1.79. The fourth-order valence-electron chi connectivity index (χ4n) is 1.42. The average Bonchev–Trinajstić information content (AvgIpc) is 2.35. The summed E-state index contributed by atoms with van der Waals surface area (Å²) in [4.78, 5) is 25.0. The van der Waals surface area contributed by atoms with E-state index in [0.717, 1.165) is 13.1 Å². The summed E-state index contributed by atoms with van der Waals surface area (Å²) < 4.78 is 4.65. The van der Waals surface area contributed by atoms with Gasteiger partial charge in [0.2, 0.25) is 5.91 Å². The Kier molecular flexibility index (Phi) is 8.04. The van der Waals surface area contributed by atoms with Crippen molar-refractivity contribution in [3.63, 3.8) is 0 Å². The Hall–Kier alpha value is -0.710. The molecule has 0 rings (SSSR count). The Morgan fingerprint density at radius 1 is 1.24 bits per heavy atom. The second-order valence-electron chi connectivity index (χ2n) is 3.91. The molecule has 1 amide bonds. The van der Waals surface area contributed by atoms with Crippen molar-refractivity contribution in [1.29, 1.82) is 0 Å². The van der Waals surface area contributed by atoms with Gasteiger partial charge in [-0.3, -0.25) is 9.59 Å². The Labute approximate surface area is 108 Å². The maximum Gasteiger partial charge on any atom is 0.309 e. The topological polar surface area (TPSA) is 46.6 Å². The van der Waals surface area contributed by atoms with Gasteiger partial charge >= 0.3 is 5.97 Å². The minimum Gasteiger partial charge on any atom is -0.469 e. The molecule has 0 fully saturated rings. The second kappa shape index (κ2) is 8.39. The van der Waals surface area contributed by atoms with Crippen molar-refractivity contribution in [3.8, 4) is 0 Å². The quantitative estimate of drug-likeness (QED) is 0.655.